The van der Waals surface area contributed by atoms with Gasteiger partial charge in [-0.15, -0.1) is 0 Å². The van der Waals surface area contributed by atoms with Gasteiger partial charge in [-0.2, -0.15) is 5.10 Å². The van der Waals surface area contributed by atoms with Gasteiger partial charge in [0.25, 0.3) is 0 Å². The van der Waals surface area contributed by atoms with Gasteiger partial charge in [0.1, 0.15) is 12.1 Å². The van der Waals surface area contributed by atoms with Crippen molar-refractivity contribution in [1.29, 1.82) is 0 Å². The molecular weight excluding hydrogens is 226 g/mol. The third kappa shape index (κ3) is 2.16. The fourth-order valence-corrected chi connectivity index (χ4v) is 2.46. The molecular formula is C14H17N3O. The van der Waals surface area contributed by atoms with E-state index in [9.17, 15) is 5.11 Å². The van der Waals surface area contributed by atoms with Crippen LogP contribution < -0.4 is 0 Å². The van der Waals surface area contributed by atoms with Crippen molar-refractivity contribution in [3.05, 3.63) is 47.0 Å². The van der Waals surface area contributed by atoms with Crippen molar-refractivity contribution >= 4 is 0 Å². The van der Waals surface area contributed by atoms with Crippen molar-refractivity contribution in [2.45, 2.75) is 38.8 Å². The molecule has 1 aliphatic heterocycles. The van der Waals surface area contributed by atoms with Crippen molar-refractivity contribution in [3.63, 3.8) is 0 Å². The monoisotopic (exact) mass is 243 g/mol. The van der Waals surface area contributed by atoms with E-state index in [0.717, 1.165) is 37.3 Å². The third-order valence-corrected chi connectivity index (χ3v) is 3.34. The first-order chi connectivity index (χ1) is 8.72. The van der Waals surface area contributed by atoms with E-state index < -0.39 is 6.23 Å². The van der Waals surface area contributed by atoms with Crippen molar-refractivity contribution in [2.24, 2.45) is 0 Å². The molecule has 94 valence electrons. The van der Waals surface area contributed by atoms with Gasteiger partial charge in [0.05, 0.1) is 0 Å². The molecule has 18 heavy (non-hydrogen) atoms. The number of hydrogen-bond acceptors (Lipinski definition) is 3. The summed E-state index contributed by atoms with van der Waals surface area (Å²) in [7, 11) is 0. The fraction of sp³-hybridized carbons (Fsp3) is 0.429. The van der Waals surface area contributed by atoms with Crippen molar-refractivity contribution in [2.75, 3.05) is 0 Å². The van der Waals surface area contributed by atoms with Crippen molar-refractivity contribution in [1.82, 2.24) is 14.8 Å². The minimum Gasteiger partial charge on any atom is -0.372 e. The Kier molecular flexibility index (Phi) is 2.88. The molecule has 0 bridgehead atoms. The standard InChI is InChI=1S/C14H17N3O/c1-10-4-2-5-11(8-10)9-12-15-13-6-3-7-14(18)17(13)16-12/h2,4-5,8,14,18H,3,6-7,9H2,1H3. The summed E-state index contributed by atoms with van der Waals surface area (Å²) < 4.78 is 1.68. The zero-order valence-corrected chi connectivity index (χ0v) is 10.5. The number of benzene rings is 1. The molecule has 0 saturated heterocycles. The summed E-state index contributed by atoms with van der Waals surface area (Å²) >= 11 is 0. The number of aliphatic hydroxyl groups is 1. The highest BCUT2D eigenvalue weighted by Gasteiger charge is 2.20. The SMILES string of the molecule is Cc1cccc(Cc2nc3n(n2)C(O)CCC3)c1. The molecule has 0 aliphatic carbocycles. The molecule has 0 spiro atoms. The first-order valence-electron chi connectivity index (χ1n) is 6.40. The average Bonchev–Trinajstić information content (AvgIpc) is 2.73. The molecule has 0 amide bonds. The topological polar surface area (TPSA) is 50.9 Å². The Morgan fingerprint density at radius 3 is 3.11 bits per heavy atom. The van der Waals surface area contributed by atoms with E-state index in [0.29, 0.717) is 0 Å². The summed E-state index contributed by atoms with van der Waals surface area (Å²) in [5, 5.41) is 14.3. The first kappa shape index (κ1) is 11.4. The largest absolute Gasteiger partial charge is 0.372 e. The molecule has 1 aliphatic rings. The second-order valence-corrected chi connectivity index (χ2v) is 4.93. The predicted octanol–water partition coefficient (Wildman–Crippen LogP) is 2.00. The van der Waals surface area contributed by atoms with Crippen LogP contribution in [0.5, 0.6) is 0 Å². The zero-order chi connectivity index (χ0) is 12.5. The molecule has 1 unspecified atom stereocenters. The Morgan fingerprint density at radius 1 is 1.44 bits per heavy atom. The molecule has 1 aromatic carbocycles. The summed E-state index contributed by atoms with van der Waals surface area (Å²) in [5.74, 6) is 1.72. The van der Waals surface area contributed by atoms with Crippen LogP contribution in [0.15, 0.2) is 24.3 Å². The Hall–Kier alpha value is -1.68. The summed E-state index contributed by atoms with van der Waals surface area (Å²) in [6, 6.07) is 8.37. The number of aliphatic hydroxyl groups excluding tert-OH is 1. The Labute approximate surface area is 106 Å². The van der Waals surface area contributed by atoms with Gasteiger partial charge in [-0.25, -0.2) is 9.67 Å². The van der Waals surface area contributed by atoms with Crippen molar-refractivity contribution in [3.8, 4) is 0 Å². The Morgan fingerprint density at radius 2 is 2.33 bits per heavy atom. The zero-order valence-electron chi connectivity index (χ0n) is 10.5. The summed E-state index contributed by atoms with van der Waals surface area (Å²) in [6.07, 6.45) is 2.92. The van der Waals surface area contributed by atoms with E-state index in [2.05, 4.69) is 41.3 Å². The highest BCUT2D eigenvalue weighted by Crippen LogP contribution is 2.21. The smallest absolute Gasteiger partial charge is 0.155 e. The van der Waals surface area contributed by atoms with Crippen LogP contribution in [0.3, 0.4) is 0 Å². The molecule has 1 atom stereocenters. The van der Waals surface area contributed by atoms with Crippen LogP contribution >= 0.6 is 0 Å². The van der Waals surface area contributed by atoms with E-state index in [1.54, 1.807) is 4.68 Å². The number of fused-ring (bicyclic) bond motifs is 1. The minimum atomic E-state index is -0.493. The third-order valence-electron chi connectivity index (χ3n) is 3.34. The van der Waals surface area contributed by atoms with Crippen LogP contribution in [0, 0.1) is 6.92 Å². The molecule has 4 heteroatoms. The molecule has 3 rings (SSSR count). The molecule has 0 radical (unpaired) electrons. The van der Waals surface area contributed by atoms with E-state index in [1.807, 2.05) is 0 Å². The van der Waals surface area contributed by atoms with E-state index in [-0.39, 0.29) is 0 Å². The number of rotatable bonds is 2. The lowest BCUT2D eigenvalue weighted by atomic mass is 10.1. The molecule has 0 fully saturated rings. The van der Waals surface area contributed by atoms with Gasteiger partial charge in [-0.1, -0.05) is 29.8 Å². The van der Waals surface area contributed by atoms with Gasteiger partial charge in [0.2, 0.25) is 0 Å². The van der Waals surface area contributed by atoms with Crippen LogP contribution in [-0.4, -0.2) is 19.9 Å². The molecule has 1 N–H and O–H groups in total. The molecule has 1 aromatic heterocycles. The molecule has 2 heterocycles. The Bertz CT molecular complexity index is 562. The average molecular weight is 243 g/mol. The number of nitrogens with zero attached hydrogens (tertiary/aromatic N) is 3. The first-order valence-corrected chi connectivity index (χ1v) is 6.40. The van der Waals surface area contributed by atoms with Gasteiger partial charge >= 0.3 is 0 Å². The highest BCUT2D eigenvalue weighted by atomic mass is 16.3. The van der Waals surface area contributed by atoms with Crippen molar-refractivity contribution < 1.29 is 5.11 Å². The maximum Gasteiger partial charge on any atom is 0.155 e. The predicted molar refractivity (Wildman–Crippen MR) is 68.2 cm³/mol. The van der Waals surface area contributed by atoms with Gasteiger partial charge in [0.15, 0.2) is 5.82 Å². The van der Waals surface area contributed by atoms with Crippen LogP contribution in [0.25, 0.3) is 0 Å². The second kappa shape index (κ2) is 4.53. The lowest BCUT2D eigenvalue weighted by Crippen LogP contribution is -2.18. The lowest BCUT2D eigenvalue weighted by molar-refractivity contribution is 0.0644. The van der Waals surface area contributed by atoms with Gasteiger partial charge in [0, 0.05) is 12.8 Å². The second-order valence-electron chi connectivity index (χ2n) is 4.93. The molecule has 0 saturated carbocycles. The quantitative estimate of drug-likeness (QED) is 0.877. The molecule has 2 aromatic rings. The summed E-state index contributed by atoms with van der Waals surface area (Å²) in [4.78, 5) is 4.52. The lowest BCUT2D eigenvalue weighted by Gasteiger charge is -2.17. The summed E-state index contributed by atoms with van der Waals surface area (Å²) in [5.41, 5.74) is 2.46. The van der Waals surface area contributed by atoms with Crippen LogP contribution in [0.4, 0.5) is 0 Å². The van der Waals surface area contributed by atoms with Gasteiger partial charge in [-0.05, 0) is 25.3 Å². The number of aryl methyl sites for hydroxylation is 2. The van der Waals surface area contributed by atoms with E-state index in [4.69, 9.17) is 0 Å². The summed E-state index contributed by atoms with van der Waals surface area (Å²) in [6.45, 7) is 2.08. The fourth-order valence-electron chi connectivity index (χ4n) is 2.46. The number of aromatic nitrogens is 3. The minimum absolute atomic E-state index is 0.493. The van der Waals surface area contributed by atoms with Crippen LogP contribution in [0.2, 0.25) is 0 Å². The normalized spacial score (nSPS) is 18.7. The maximum absolute atomic E-state index is 9.85. The van der Waals surface area contributed by atoms with Crippen LogP contribution in [0.1, 0.15) is 41.8 Å². The van der Waals surface area contributed by atoms with Gasteiger partial charge in [-0.3, -0.25) is 0 Å². The van der Waals surface area contributed by atoms with E-state index >= 15 is 0 Å². The van der Waals surface area contributed by atoms with Gasteiger partial charge < -0.3 is 5.11 Å². The maximum atomic E-state index is 9.85. The van der Waals surface area contributed by atoms with Crippen LogP contribution in [-0.2, 0) is 12.8 Å². The molecule has 4 nitrogen and oxygen atoms in total. The number of hydrogen-bond donors (Lipinski definition) is 1. The highest BCUT2D eigenvalue weighted by molar-refractivity contribution is 5.24. The Balaban J connectivity index is 1.85. The van der Waals surface area contributed by atoms with E-state index in [1.165, 1.54) is 11.1 Å².